The molecule has 1 aromatic carbocycles. The van der Waals surface area contributed by atoms with Crippen molar-refractivity contribution < 1.29 is 9.90 Å². The number of H-pyrrole nitrogens is 1. The van der Waals surface area contributed by atoms with Crippen molar-refractivity contribution in [2.24, 2.45) is 0 Å². The number of nitrogens with one attached hydrogen (secondary N) is 1. The van der Waals surface area contributed by atoms with Gasteiger partial charge in [0, 0.05) is 11.6 Å². The zero-order valence-corrected chi connectivity index (χ0v) is 9.70. The Morgan fingerprint density at radius 1 is 1.26 bits per heavy atom. The number of rotatable bonds is 2. The summed E-state index contributed by atoms with van der Waals surface area (Å²) in [7, 11) is 0. The molecule has 0 atom stereocenters. The van der Waals surface area contributed by atoms with Gasteiger partial charge in [-0.15, -0.1) is 0 Å². The van der Waals surface area contributed by atoms with E-state index < -0.39 is 5.97 Å². The summed E-state index contributed by atoms with van der Waals surface area (Å²) in [4.78, 5) is 25.2. The third-order valence-corrected chi connectivity index (χ3v) is 2.81. The number of aromatic amines is 1. The lowest BCUT2D eigenvalue weighted by Gasteiger charge is -2.04. The third-order valence-electron chi connectivity index (χ3n) is 2.81. The highest BCUT2D eigenvalue weighted by Crippen LogP contribution is 2.19. The minimum Gasteiger partial charge on any atom is -0.477 e. The summed E-state index contributed by atoms with van der Waals surface area (Å²) in [6.07, 6.45) is 1.22. The molecule has 94 valence electrons. The van der Waals surface area contributed by atoms with Gasteiger partial charge < -0.3 is 10.1 Å². The molecule has 0 fully saturated rings. The van der Waals surface area contributed by atoms with Crippen LogP contribution in [0.15, 0.2) is 47.4 Å². The van der Waals surface area contributed by atoms with Crippen molar-refractivity contribution in [2.75, 3.05) is 0 Å². The number of benzene rings is 1. The van der Waals surface area contributed by atoms with E-state index in [1.807, 2.05) is 30.3 Å². The van der Waals surface area contributed by atoms with E-state index in [-0.39, 0.29) is 16.8 Å². The molecule has 0 amide bonds. The lowest BCUT2D eigenvalue weighted by atomic mass is 10.1. The second-order valence-corrected chi connectivity index (χ2v) is 4.01. The second-order valence-electron chi connectivity index (χ2n) is 4.01. The lowest BCUT2D eigenvalue weighted by molar-refractivity contribution is 0.0699. The van der Waals surface area contributed by atoms with Crippen LogP contribution in [0.2, 0.25) is 0 Å². The van der Waals surface area contributed by atoms with E-state index in [9.17, 15) is 9.59 Å². The molecule has 3 aromatic rings. The molecule has 2 heterocycles. The van der Waals surface area contributed by atoms with Gasteiger partial charge in [-0.25, -0.2) is 9.31 Å². The maximum absolute atomic E-state index is 11.7. The third kappa shape index (κ3) is 1.79. The van der Waals surface area contributed by atoms with Gasteiger partial charge in [0.25, 0.3) is 5.56 Å². The predicted octanol–water partition coefficient (Wildman–Crippen LogP) is 1.39. The Labute approximate surface area is 106 Å². The number of aromatic nitrogens is 3. The lowest BCUT2D eigenvalue weighted by Crippen LogP contribution is -2.11. The van der Waals surface area contributed by atoms with Gasteiger partial charge in [-0.3, -0.25) is 4.79 Å². The smallest absolute Gasteiger partial charge is 0.341 e. The quantitative estimate of drug-likeness (QED) is 0.724. The Hall–Kier alpha value is -2.89. The van der Waals surface area contributed by atoms with Crippen molar-refractivity contribution in [3.8, 4) is 11.3 Å². The number of hydrogen-bond donors (Lipinski definition) is 2. The molecule has 0 unspecified atom stereocenters. The maximum Gasteiger partial charge on any atom is 0.341 e. The van der Waals surface area contributed by atoms with E-state index >= 15 is 0 Å². The number of aromatic carboxylic acids is 1. The van der Waals surface area contributed by atoms with Crippen LogP contribution in [0.25, 0.3) is 16.9 Å². The molecule has 0 spiro atoms. The molecule has 0 radical (unpaired) electrons. The molecule has 19 heavy (non-hydrogen) atoms. The number of carboxylic acids is 1. The van der Waals surface area contributed by atoms with Gasteiger partial charge in [0.15, 0.2) is 5.65 Å². The highest BCUT2D eigenvalue weighted by atomic mass is 16.4. The van der Waals surface area contributed by atoms with Crippen LogP contribution < -0.4 is 5.56 Å². The summed E-state index contributed by atoms with van der Waals surface area (Å²) in [5.74, 6) is -1.13. The van der Waals surface area contributed by atoms with Crippen molar-refractivity contribution in [1.82, 2.24) is 14.6 Å². The van der Waals surface area contributed by atoms with Gasteiger partial charge >= 0.3 is 5.97 Å². The van der Waals surface area contributed by atoms with E-state index in [4.69, 9.17) is 5.11 Å². The Kier molecular flexibility index (Phi) is 2.42. The molecule has 6 nitrogen and oxygen atoms in total. The summed E-state index contributed by atoms with van der Waals surface area (Å²) in [6, 6.07) is 10.6. The standard InChI is InChI=1S/C13H9N3O3/c17-11-6-10(8-4-2-1-3-5-8)16-12(15-11)9(7-14-16)13(18)19/h1-7H,(H,15,17)(H,18,19). The van der Waals surface area contributed by atoms with Gasteiger partial charge in [0.1, 0.15) is 5.56 Å². The van der Waals surface area contributed by atoms with Gasteiger partial charge in [-0.05, 0) is 0 Å². The molecule has 0 saturated carbocycles. The predicted molar refractivity (Wildman–Crippen MR) is 68.2 cm³/mol. The largest absolute Gasteiger partial charge is 0.477 e. The summed E-state index contributed by atoms with van der Waals surface area (Å²) < 4.78 is 1.42. The van der Waals surface area contributed by atoms with Crippen LogP contribution in [0, 0.1) is 0 Å². The minimum absolute atomic E-state index is 0.0325. The van der Waals surface area contributed by atoms with Crippen molar-refractivity contribution in [2.45, 2.75) is 0 Å². The van der Waals surface area contributed by atoms with Gasteiger partial charge in [0.2, 0.25) is 0 Å². The normalized spacial score (nSPS) is 10.7. The van der Waals surface area contributed by atoms with Crippen LogP contribution in [0.1, 0.15) is 10.4 Å². The average Bonchev–Trinajstić information content (AvgIpc) is 2.82. The fourth-order valence-electron chi connectivity index (χ4n) is 1.96. The zero-order valence-electron chi connectivity index (χ0n) is 9.70. The highest BCUT2D eigenvalue weighted by molar-refractivity contribution is 5.94. The molecule has 0 aliphatic heterocycles. The molecular formula is C13H9N3O3. The first kappa shape index (κ1) is 11.2. The summed E-state index contributed by atoms with van der Waals surface area (Å²) in [5.41, 5.74) is 1.12. The van der Waals surface area contributed by atoms with Crippen molar-refractivity contribution in [3.63, 3.8) is 0 Å². The molecule has 0 aliphatic rings. The van der Waals surface area contributed by atoms with Gasteiger partial charge in [-0.1, -0.05) is 30.3 Å². The van der Waals surface area contributed by atoms with E-state index in [0.717, 1.165) is 5.56 Å². The van der Waals surface area contributed by atoms with Crippen molar-refractivity contribution >= 4 is 11.6 Å². The highest BCUT2D eigenvalue weighted by Gasteiger charge is 2.15. The van der Waals surface area contributed by atoms with Crippen molar-refractivity contribution in [1.29, 1.82) is 0 Å². The Morgan fingerprint density at radius 3 is 2.68 bits per heavy atom. The van der Waals surface area contributed by atoms with Gasteiger partial charge in [0.05, 0.1) is 11.9 Å². The zero-order chi connectivity index (χ0) is 13.4. The molecule has 2 N–H and O–H groups in total. The Balaban J connectivity index is 2.38. The number of nitrogens with zero attached hydrogens (tertiary/aromatic N) is 2. The van der Waals surface area contributed by atoms with Crippen LogP contribution in [0.3, 0.4) is 0 Å². The van der Waals surface area contributed by atoms with Crippen LogP contribution in [0.5, 0.6) is 0 Å². The first-order chi connectivity index (χ1) is 9.16. The monoisotopic (exact) mass is 255 g/mol. The topological polar surface area (TPSA) is 87.5 Å². The van der Waals surface area contributed by atoms with Gasteiger partial charge in [-0.2, -0.15) is 5.10 Å². The molecule has 0 bridgehead atoms. The van der Waals surface area contributed by atoms with Crippen LogP contribution in [0.4, 0.5) is 0 Å². The second kappa shape index (κ2) is 4.09. The maximum atomic E-state index is 11.7. The summed E-state index contributed by atoms with van der Waals surface area (Å²) in [5, 5.41) is 13.1. The fourth-order valence-corrected chi connectivity index (χ4v) is 1.96. The van der Waals surface area contributed by atoms with E-state index in [2.05, 4.69) is 10.1 Å². The fraction of sp³-hybridized carbons (Fsp3) is 0. The van der Waals surface area contributed by atoms with Crippen LogP contribution in [-0.4, -0.2) is 25.7 Å². The van der Waals surface area contributed by atoms with Crippen molar-refractivity contribution in [3.05, 3.63) is 58.5 Å². The first-order valence-corrected chi connectivity index (χ1v) is 5.56. The van der Waals surface area contributed by atoms with E-state index in [0.29, 0.717) is 5.69 Å². The molecule has 3 rings (SSSR count). The molecule has 0 saturated heterocycles. The summed E-state index contributed by atoms with van der Waals surface area (Å²) in [6.45, 7) is 0. The van der Waals surface area contributed by atoms with E-state index in [1.165, 1.54) is 16.8 Å². The van der Waals surface area contributed by atoms with E-state index in [1.54, 1.807) is 0 Å². The number of fused-ring (bicyclic) bond motifs is 1. The Bertz CT molecular complexity index is 818. The molecule has 0 aliphatic carbocycles. The first-order valence-electron chi connectivity index (χ1n) is 5.56. The SMILES string of the molecule is O=C(O)c1cnn2c(-c3ccccc3)cc(=O)[nH]c12. The minimum atomic E-state index is -1.13. The average molecular weight is 255 g/mol. The van der Waals surface area contributed by atoms with Crippen LogP contribution >= 0.6 is 0 Å². The Morgan fingerprint density at radius 2 is 2.00 bits per heavy atom. The molecule has 2 aromatic heterocycles. The number of hydrogen-bond acceptors (Lipinski definition) is 3. The number of carboxylic acid groups (broad SMARTS) is 1. The van der Waals surface area contributed by atoms with Crippen LogP contribution in [-0.2, 0) is 0 Å². The molecular weight excluding hydrogens is 246 g/mol. The number of carbonyl (C=O) groups is 1. The summed E-state index contributed by atoms with van der Waals surface area (Å²) >= 11 is 0. The molecule has 6 heteroatoms.